The molecule has 0 spiro atoms. The number of pyridine rings is 1. The third-order valence-electron chi connectivity index (χ3n) is 4.41. The van der Waals surface area contributed by atoms with E-state index in [0.717, 1.165) is 43.7 Å². The summed E-state index contributed by atoms with van der Waals surface area (Å²) in [6, 6.07) is 14.0. The molecule has 0 radical (unpaired) electrons. The minimum atomic E-state index is 0.515. The van der Waals surface area contributed by atoms with Crippen LogP contribution in [0.3, 0.4) is 0 Å². The van der Waals surface area contributed by atoms with E-state index < -0.39 is 0 Å². The van der Waals surface area contributed by atoms with Crippen LogP contribution in [0.25, 0.3) is 16.2 Å². The molecule has 3 aromatic heterocycles. The highest BCUT2D eigenvalue weighted by Crippen LogP contribution is 2.36. The molecule has 5 heteroatoms. The number of hydrogen-bond acceptors (Lipinski definition) is 4. The number of thiophene rings is 1. The third kappa shape index (κ3) is 2.87. The van der Waals surface area contributed by atoms with Gasteiger partial charge in [-0.15, -0.1) is 11.3 Å². The van der Waals surface area contributed by atoms with E-state index in [2.05, 4.69) is 28.4 Å². The molecule has 4 rings (SSSR count). The molecular weight excluding hydrogens is 330 g/mol. The highest BCUT2D eigenvalue weighted by Gasteiger charge is 2.13. The molecule has 0 saturated carbocycles. The van der Waals surface area contributed by atoms with Gasteiger partial charge in [-0.25, -0.2) is 4.98 Å². The van der Waals surface area contributed by atoms with Gasteiger partial charge in [0.15, 0.2) is 0 Å². The van der Waals surface area contributed by atoms with Crippen LogP contribution in [-0.4, -0.2) is 9.38 Å². The van der Waals surface area contributed by atoms with Gasteiger partial charge in [0, 0.05) is 22.8 Å². The first-order chi connectivity index (χ1) is 12.1. The molecule has 0 fully saturated rings. The number of aryl methyl sites for hydroxylation is 1. The quantitative estimate of drug-likeness (QED) is 0.536. The predicted octanol–water partition coefficient (Wildman–Crippen LogP) is 4.84. The van der Waals surface area contributed by atoms with Gasteiger partial charge in [-0.3, -0.25) is 4.40 Å². The van der Waals surface area contributed by atoms with Crippen LogP contribution in [-0.2, 0) is 6.61 Å². The number of aromatic nitrogens is 2. The molecule has 126 valence electrons. The van der Waals surface area contributed by atoms with Crippen LogP contribution in [0, 0.1) is 13.8 Å². The number of hydrogen-bond donors (Lipinski definition) is 1. The van der Waals surface area contributed by atoms with Crippen LogP contribution < -0.4 is 10.5 Å². The number of imidazole rings is 1. The van der Waals surface area contributed by atoms with E-state index in [1.54, 1.807) is 11.3 Å². The van der Waals surface area contributed by atoms with Gasteiger partial charge in [0.25, 0.3) is 0 Å². The van der Waals surface area contributed by atoms with Gasteiger partial charge in [0.05, 0.1) is 16.8 Å². The van der Waals surface area contributed by atoms with E-state index in [4.69, 9.17) is 10.5 Å². The summed E-state index contributed by atoms with van der Waals surface area (Å²) < 4.78 is 8.17. The first kappa shape index (κ1) is 15.7. The Balaban J connectivity index is 1.61. The van der Waals surface area contributed by atoms with Gasteiger partial charge >= 0.3 is 0 Å². The van der Waals surface area contributed by atoms with Gasteiger partial charge in [0.2, 0.25) is 0 Å². The molecule has 4 nitrogen and oxygen atoms in total. The number of nitrogens with two attached hydrogens (primary N) is 1. The Labute approximate surface area is 150 Å². The summed E-state index contributed by atoms with van der Waals surface area (Å²) in [5.74, 6) is 0.910. The van der Waals surface area contributed by atoms with E-state index >= 15 is 0 Å². The number of ether oxygens (including phenoxy) is 1. The molecule has 0 unspecified atom stereocenters. The Morgan fingerprint density at radius 2 is 2.04 bits per heavy atom. The van der Waals surface area contributed by atoms with Crippen LogP contribution in [0.2, 0.25) is 0 Å². The minimum Gasteiger partial charge on any atom is -0.488 e. The Hall–Kier alpha value is -2.79. The van der Waals surface area contributed by atoms with Crippen LogP contribution in [0.1, 0.15) is 16.0 Å². The fraction of sp³-hybridized carbons (Fsp3) is 0.150. The van der Waals surface area contributed by atoms with Gasteiger partial charge in [-0.2, -0.15) is 0 Å². The van der Waals surface area contributed by atoms with E-state index in [-0.39, 0.29) is 0 Å². The summed E-state index contributed by atoms with van der Waals surface area (Å²) in [4.78, 5) is 6.77. The number of anilines is 1. The van der Waals surface area contributed by atoms with Crippen molar-refractivity contribution >= 4 is 22.7 Å². The van der Waals surface area contributed by atoms with Crippen molar-refractivity contribution < 1.29 is 4.74 Å². The molecule has 0 saturated heterocycles. The zero-order valence-corrected chi connectivity index (χ0v) is 15.0. The lowest BCUT2D eigenvalue weighted by atomic mass is 10.1. The molecule has 0 amide bonds. The number of nitrogens with zero attached hydrogens (tertiary/aromatic N) is 2. The van der Waals surface area contributed by atoms with Gasteiger partial charge in [0.1, 0.15) is 18.0 Å². The molecule has 0 atom stereocenters. The first-order valence-corrected chi connectivity index (χ1v) is 8.95. The summed E-state index contributed by atoms with van der Waals surface area (Å²) >= 11 is 1.72. The Morgan fingerprint density at radius 3 is 2.92 bits per heavy atom. The molecule has 25 heavy (non-hydrogen) atoms. The maximum absolute atomic E-state index is 6.07. The second-order valence-corrected chi connectivity index (χ2v) is 7.28. The zero-order valence-electron chi connectivity index (χ0n) is 14.2. The van der Waals surface area contributed by atoms with Crippen molar-refractivity contribution in [3.8, 4) is 16.3 Å². The third-order valence-corrected chi connectivity index (χ3v) is 5.47. The molecule has 0 aliphatic heterocycles. The summed E-state index contributed by atoms with van der Waals surface area (Å²) in [5.41, 5.74) is 11.0. The smallest absolute Gasteiger partial charge is 0.137 e. The van der Waals surface area contributed by atoms with Crippen LogP contribution in [0.5, 0.6) is 5.75 Å². The van der Waals surface area contributed by atoms with Crippen molar-refractivity contribution in [1.82, 2.24) is 9.38 Å². The lowest BCUT2D eigenvalue weighted by molar-refractivity contribution is 0.305. The summed E-state index contributed by atoms with van der Waals surface area (Å²) in [6.07, 6.45) is 3.94. The van der Waals surface area contributed by atoms with Gasteiger partial charge < -0.3 is 10.5 Å². The van der Waals surface area contributed by atoms with Crippen molar-refractivity contribution in [3.05, 3.63) is 70.9 Å². The van der Waals surface area contributed by atoms with Gasteiger partial charge in [-0.05, 0) is 43.2 Å². The lowest BCUT2D eigenvalue weighted by Gasteiger charge is -2.09. The summed E-state index contributed by atoms with van der Waals surface area (Å²) in [5, 5.41) is 0. The largest absolute Gasteiger partial charge is 0.488 e. The summed E-state index contributed by atoms with van der Waals surface area (Å²) in [7, 11) is 0. The topological polar surface area (TPSA) is 52.5 Å². The van der Waals surface area contributed by atoms with Crippen molar-refractivity contribution in [1.29, 1.82) is 0 Å². The van der Waals surface area contributed by atoms with E-state index in [1.165, 1.54) is 0 Å². The van der Waals surface area contributed by atoms with Crippen molar-refractivity contribution in [2.45, 2.75) is 20.5 Å². The Morgan fingerprint density at radius 1 is 1.16 bits per heavy atom. The molecule has 0 bridgehead atoms. The Bertz CT molecular complexity index is 1050. The average molecular weight is 349 g/mol. The first-order valence-electron chi connectivity index (χ1n) is 8.13. The van der Waals surface area contributed by atoms with E-state index in [9.17, 15) is 0 Å². The normalized spacial score (nSPS) is 11.1. The van der Waals surface area contributed by atoms with Crippen molar-refractivity contribution in [3.63, 3.8) is 0 Å². The standard InChI is InChI=1S/C20H19N3OS/c1-13-15(6-5-7-16(13)21)12-24-18-10-19(25-14(18)2)17-11-22-20-8-3-4-9-23(17)20/h3-11H,12,21H2,1-2H3. The number of fused-ring (bicyclic) bond motifs is 1. The van der Waals surface area contributed by atoms with Gasteiger partial charge in [-0.1, -0.05) is 18.2 Å². The monoisotopic (exact) mass is 349 g/mol. The van der Waals surface area contributed by atoms with Crippen LogP contribution in [0.4, 0.5) is 5.69 Å². The van der Waals surface area contributed by atoms with E-state index in [0.29, 0.717) is 6.61 Å². The lowest BCUT2D eigenvalue weighted by Crippen LogP contribution is -2.00. The predicted molar refractivity (Wildman–Crippen MR) is 103 cm³/mol. The maximum atomic E-state index is 6.07. The molecule has 0 aliphatic rings. The molecular formula is C20H19N3OS. The van der Waals surface area contributed by atoms with Crippen molar-refractivity contribution in [2.24, 2.45) is 0 Å². The van der Waals surface area contributed by atoms with Crippen LogP contribution in [0.15, 0.2) is 54.9 Å². The fourth-order valence-electron chi connectivity index (χ4n) is 2.86. The number of rotatable bonds is 4. The molecule has 1 aromatic carbocycles. The van der Waals surface area contributed by atoms with Crippen LogP contribution >= 0.6 is 11.3 Å². The molecule has 3 heterocycles. The minimum absolute atomic E-state index is 0.515. The molecule has 2 N–H and O–H groups in total. The second kappa shape index (κ2) is 6.26. The fourth-order valence-corrected chi connectivity index (χ4v) is 3.83. The molecule has 4 aromatic rings. The number of nitrogen functional groups attached to an aromatic ring is 1. The van der Waals surface area contributed by atoms with Crippen molar-refractivity contribution in [2.75, 3.05) is 5.73 Å². The number of benzene rings is 1. The highest BCUT2D eigenvalue weighted by atomic mass is 32.1. The zero-order chi connectivity index (χ0) is 17.4. The Kier molecular flexibility index (Phi) is 3.93. The maximum Gasteiger partial charge on any atom is 0.137 e. The summed E-state index contributed by atoms with van der Waals surface area (Å²) in [6.45, 7) is 4.62. The second-order valence-electron chi connectivity index (χ2n) is 6.02. The SMILES string of the molecule is Cc1sc(-c2cnc3ccccn23)cc1OCc1cccc(N)c1C. The molecule has 0 aliphatic carbocycles. The average Bonchev–Trinajstić information content (AvgIpc) is 3.19. The highest BCUT2D eigenvalue weighted by molar-refractivity contribution is 7.15. The van der Waals surface area contributed by atoms with E-state index in [1.807, 2.05) is 49.6 Å².